The molecule has 26 heavy (non-hydrogen) atoms. The number of pyridine rings is 1. The summed E-state index contributed by atoms with van der Waals surface area (Å²) in [6, 6.07) is 3.63. The maximum Gasteiger partial charge on any atom is 0.422 e. The summed E-state index contributed by atoms with van der Waals surface area (Å²) in [7, 11) is 1.70. The number of nitrogens with zero attached hydrogens (tertiary/aromatic N) is 2. The van der Waals surface area contributed by atoms with Crippen molar-refractivity contribution in [2.75, 3.05) is 13.7 Å². The molecular weight excluding hydrogens is 460 g/mol. The molecule has 5 nitrogen and oxygen atoms in total. The fraction of sp³-hybridized carbons (Fsp3) is 0.647. The van der Waals surface area contributed by atoms with Crippen LogP contribution in [0.4, 0.5) is 13.2 Å². The number of rotatable bonds is 5. The van der Waals surface area contributed by atoms with Crippen molar-refractivity contribution in [1.82, 2.24) is 15.6 Å². The molecule has 148 valence electrons. The number of halogens is 4. The molecule has 1 aliphatic carbocycles. The van der Waals surface area contributed by atoms with Gasteiger partial charge in [-0.3, -0.25) is 4.99 Å². The highest BCUT2D eigenvalue weighted by Crippen LogP contribution is 2.23. The Morgan fingerprint density at radius 1 is 1.31 bits per heavy atom. The van der Waals surface area contributed by atoms with Gasteiger partial charge >= 0.3 is 6.18 Å². The highest BCUT2D eigenvalue weighted by atomic mass is 127. The van der Waals surface area contributed by atoms with E-state index in [9.17, 15) is 13.2 Å². The van der Waals surface area contributed by atoms with E-state index in [4.69, 9.17) is 0 Å². The largest absolute Gasteiger partial charge is 0.468 e. The maximum absolute atomic E-state index is 12.2. The minimum atomic E-state index is -4.38. The predicted octanol–water partition coefficient (Wildman–Crippen LogP) is 3.88. The Morgan fingerprint density at radius 2 is 2.00 bits per heavy atom. The van der Waals surface area contributed by atoms with E-state index in [1.165, 1.54) is 25.1 Å². The first-order valence-electron chi connectivity index (χ1n) is 8.47. The Labute approximate surface area is 169 Å². The monoisotopic (exact) mass is 486 g/mol. The van der Waals surface area contributed by atoms with Gasteiger partial charge in [0.15, 0.2) is 12.6 Å². The van der Waals surface area contributed by atoms with Crippen molar-refractivity contribution in [2.45, 2.75) is 51.4 Å². The van der Waals surface area contributed by atoms with Crippen LogP contribution in [0.1, 0.15) is 38.2 Å². The SMILES string of the molecule is CN=C(NCc1ccnc(OCC(F)(F)F)c1)NC1CCC(C)CC1.I. The molecule has 2 rings (SSSR count). The van der Waals surface area contributed by atoms with E-state index in [0.29, 0.717) is 18.5 Å². The molecule has 0 amide bonds. The van der Waals surface area contributed by atoms with Crippen LogP contribution in [0.3, 0.4) is 0 Å². The van der Waals surface area contributed by atoms with Gasteiger partial charge in [-0.05, 0) is 43.2 Å². The zero-order valence-corrected chi connectivity index (χ0v) is 17.3. The predicted molar refractivity (Wildman–Crippen MR) is 106 cm³/mol. The van der Waals surface area contributed by atoms with Gasteiger partial charge in [-0.25, -0.2) is 4.98 Å². The molecule has 0 bridgehead atoms. The quantitative estimate of drug-likeness (QED) is 0.377. The number of nitrogens with one attached hydrogen (secondary N) is 2. The average Bonchev–Trinajstić information content (AvgIpc) is 2.58. The van der Waals surface area contributed by atoms with E-state index in [0.717, 1.165) is 24.3 Å². The summed E-state index contributed by atoms with van der Waals surface area (Å²) in [4.78, 5) is 8.00. The standard InChI is InChI=1S/C17H25F3N4O.HI/c1-12-3-5-14(6-4-12)24-16(21-2)23-10-13-7-8-22-15(9-13)25-11-17(18,19)20;/h7-9,12,14H,3-6,10-11H2,1-2H3,(H2,21,23,24);1H. The van der Waals surface area contributed by atoms with E-state index in [-0.39, 0.29) is 29.9 Å². The van der Waals surface area contributed by atoms with Crippen molar-refractivity contribution in [3.63, 3.8) is 0 Å². The number of guanidine groups is 1. The van der Waals surface area contributed by atoms with Crippen LogP contribution in [-0.2, 0) is 6.54 Å². The molecular formula is C17H26F3IN4O. The van der Waals surface area contributed by atoms with Crippen LogP contribution in [0.5, 0.6) is 5.88 Å². The van der Waals surface area contributed by atoms with Crippen molar-refractivity contribution in [3.05, 3.63) is 23.9 Å². The molecule has 1 saturated carbocycles. The van der Waals surface area contributed by atoms with Gasteiger partial charge in [-0.15, -0.1) is 24.0 Å². The molecule has 1 aliphatic rings. The van der Waals surface area contributed by atoms with E-state index in [1.54, 1.807) is 13.1 Å². The average molecular weight is 486 g/mol. The third-order valence-electron chi connectivity index (χ3n) is 4.22. The number of ether oxygens (including phenoxy) is 1. The Balaban J connectivity index is 0.00000338. The van der Waals surface area contributed by atoms with Gasteiger partial charge in [0, 0.05) is 31.9 Å². The molecule has 1 aromatic rings. The Bertz CT molecular complexity index is 575. The maximum atomic E-state index is 12.2. The van der Waals surface area contributed by atoms with Gasteiger partial charge < -0.3 is 15.4 Å². The Hall–Kier alpha value is -1.26. The molecule has 0 spiro atoms. The topological polar surface area (TPSA) is 58.5 Å². The third kappa shape index (κ3) is 8.41. The van der Waals surface area contributed by atoms with E-state index < -0.39 is 12.8 Å². The second-order valence-electron chi connectivity index (χ2n) is 6.43. The van der Waals surface area contributed by atoms with Crippen molar-refractivity contribution in [3.8, 4) is 5.88 Å². The summed E-state index contributed by atoms with van der Waals surface area (Å²) in [6.45, 7) is 1.35. The Morgan fingerprint density at radius 3 is 2.62 bits per heavy atom. The van der Waals surface area contributed by atoms with Crippen molar-refractivity contribution in [2.24, 2.45) is 10.9 Å². The van der Waals surface area contributed by atoms with Gasteiger partial charge in [0.2, 0.25) is 5.88 Å². The molecule has 9 heteroatoms. The zero-order valence-electron chi connectivity index (χ0n) is 15.0. The smallest absolute Gasteiger partial charge is 0.422 e. The molecule has 0 atom stereocenters. The lowest BCUT2D eigenvalue weighted by Crippen LogP contribution is -2.44. The van der Waals surface area contributed by atoms with E-state index in [1.807, 2.05) is 0 Å². The van der Waals surface area contributed by atoms with Gasteiger partial charge in [0.25, 0.3) is 0 Å². The molecule has 0 aliphatic heterocycles. The molecule has 1 aromatic heterocycles. The lowest BCUT2D eigenvalue weighted by Gasteiger charge is -2.28. The summed E-state index contributed by atoms with van der Waals surface area (Å²) < 4.78 is 41.3. The normalized spacial score (nSPS) is 20.9. The first-order chi connectivity index (χ1) is 11.9. The summed E-state index contributed by atoms with van der Waals surface area (Å²) in [6.07, 6.45) is 1.71. The van der Waals surface area contributed by atoms with Crippen LogP contribution < -0.4 is 15.4 Å². The highest BCUT2D eigenvalue weighted by molar-refractivity contribution is 14.0. The number of aliphatic imine (C=N–C) groups is 1. The Kier molecular flexibility index (Phi) is 9.45. The minimum absolute atomic E-state index is 0. The van der Waals surface area contributed by atoms with Crippen molar-refractivity contribution >= 4 is 29.9 Å². The van der Waals surface area contributed by atoms with Crippen LogP contribution >= 0.6 is 24.0 Å². The van der Waals surface area contributed by atoms with Gasteiger partial charge in [-0.2, -0.15) is 13.2 Å². The summed E-state index contributed by atoms with van der Waals surface area (Å²) in [5, 5.41) is 6.58. The first kappa shape index (κ1) is 22.8. The fourth-order valence-corrected chi connectivity index (χ4v) is 2.77. The van der Waals surface area contributed by atoms with Gasteiger partial charge in [0.05, 0.1) is 0 Å². The second-order valence-corrected chi connectivity index (χ2v) is 6.43. The summed E-state index contributed by atoms with van der Waals surface area (Å²) in [5.41, 5.74) is 0.771. The molecule has 0 aromatic carbocycles. The number of aromatic nitrogens is 1. The fourth-order valence-electron chi connectivity index (χ4n) is 2.77. The molecule has 0 unspecified atom stereocenters. The number of alkyl halides is 3. The lowest BCUT2D eigenvalue weighted by molar-refractivity contribution is -0.154. The molecule has 0 radical (unpaired) electrons. The van der Waals surface area contributed by atoms with Crippen LogP contribution in [0.25, 0.3) is 0 Å². The van der Waals surface area contributed by atoms with Crippen molar-refractivity contribution in [1.29, 1.82) is 0 Å². The van der Waals surface area contributed by atoms with Crippen LogP contribution in [0.2, 0.25) is 0 Å². The molecule has 0 saturated heterocycles. The third-order valence-corrected chi connectivity index (χ3v) is 4.22. The number of hydrogen-bond donors (Lipinski definition) is 2. The molecule has 1 fully saturated rings. The highest BCUT2D eigenvalue weighted by Gasteiger charge is 2.28. The van der Waals surface area contributed by atoms with Crippen LogP contribution in [-0.4, -0.2) is 36.8 Å². The summed E-state index contributed by atoms with van der Waals surface area (Å²) in [5.74, 6) is 1.43. The van der Waals surface area contributed by atoms with Gasteiger partial charge in [0.1, 0.15) is 0 Å². The van der Waals surface area contributed by atoms with Crippen LogP contribution in [0.15, 0.2) is 23.3 Å². The van der Waals surface area contributed by atoms with Crippen molar-refractivity contribution < 1.29 is 17.9 Å². The molecule has 2 N–H and O–H groups in total. The van der Waals surface area contributed by atoms with E-state index in [2.05, 4.69) is 32.3 Å². The number of hydrogen-bond acceptors (Lipinski definition) is 3. The van der Waals surface area contributed by atoms with Gasteiger partial charge in [-0.1, -0.05) is 6.92 Å². The second kappa shape index (κ2) is 10.8. The molecule has 1 heterocycles. The zero-order chi connectivity index (χ0) is 18.3. The lowest BCUT2D eigenvalue weighted by atomic mass is 9.87. The van der Waals surface area contributed by atoms with E-state index >= 15 is 0 Å². The summed E-state index contributed by atoms with van der Waals surface area (Å²) >= 11 is 0. The first-order valence-corrected chi connectivity index (χ1v) is 8.47. The minimum Gasteiger partial charge on any atom is -0.468 e. The van der Waals surface area contributed by atoms with Crippen LogP contribution in [0, 0.1) is 5.92 Å².